The second kappa shape index (κ2) is 7.59. The summed E-state index contributed by atoms with van der Waals surface area (Å²) in [5.74, 6) is 2.36. The van der Waals surface area contributed by atoms with Gasteiger partial charge in [-0.3, -0.25) is 5.41 Å². The summed E-state index contributed by atoms with van der Waals surface area (Å²) in [5, 5.41) is 7.69. The van der Waals surface area contributed by atoms with E-state index in [0.29, 0.717) is 29.6 Å². The Bertz CT molecular complexity index is 609. The van der Waals surface area contributed by atoms with E-state index in [1.165, 1.54) is 0 Å². The summed E-state index contributed by atoms with van der Waals surface area (Å²) in [6.07, 6.45) is 0. The van der Waals surface area contributed by atoms with Crippen molar-refractivity contribution >= 4 is 18.3 Å². The molecular formula is C15H18ClNO4. The van der Waals surface area contributed by atoms with E-state index in [4.69, 9.17) is 24.0 Å². The van der Waals surface area contributed by atoms with E-state index in [9.17, 15) is 0 Å². The minimum Gasteiger partial charge on any atom is -0.493 e. The minimum absolute atomic E-state index is 0. The van der Waals surface area contributed by atoms with Gasteiger partial charge in [0.15, 0.2) is 17.3 Å². The average molecular weight is 312 g/mol. The lowest BCUT2D eigenvalue weighted by molar-refractivity contribution is 0.316. The Morgan fingerprint density at radius 3 is 2.43 bits per heavy atom. The van der Waals surface area contributed by atoms with Crippen LogP contribution in [0.5, 0.6) is 11.5 Å². The van der Waals surface area contributed by atoms with Crippen LogP contribution in [0.3, 0.4) is 0 Å². The van der Waals surface area contributed by atoms with Gasteiger partial charge in [0.2, 0.25) is 5.90 Å². The van der Waals surface area contributed by atoms with Gasteiger partial charge in [0.05, 0.1) is 20.8 Å². The molecular weight excluding hydrogens is 294 g/mol. The maximum Gasteiger partial charge on any atom is 0.250 e. The van der Waals surface area contributed by atoms with Crippen molar-refractivity contribution in [2.45, 2.75) is 6.92 Å². The van der Waals surface area contributed by atoms with Crippen LogP contribution in [0.1, 0.15) is 12.7 Å². The molecule has 0 fully saturated rings. The molecule has 2 aromatic rings. The first-order valence-electron chi connectivity index (χ1n) is 6.23. The lowest BCUT2D eigenvalue weighted by atomic mass is 10.1. The fourth-order valence-corrected chi connectivity index (χ4v) is 1.82. The third-order valence-corrected chi connectivity index (χ3v) is 2.79. The summed E-state index contributed by atoms with van der Waals surface area (Å²) in [7, 11) is 3.17. The van der Waals surface area contributed by atoms with Crippen LogP contribution in [0.15, 0.2) is 34.7 Å². The van der Waals surface area contributed by atoms with Crippen molar-refractivity contribution in [3.63, 3.8) is 0 Å². The smallest absolute Gasteiger partial charge is 0.250 e. The summed E-state index contributed by atoms with van der Waals surface area (Å²) in [6, 6.07) is 9.01. The number of halogens is 1. The van der Waals surface area contributed by atoms with Gasteiger partial charge in [-0.25, -0.2) is 0 Å². The van der Waals surface area contributed by atoms with Crippen molar-refractivity contribution in [3.05, 3.63) is 36.1 Å². The number of furan rings is 1. The number of nitrogens with one attached hydrogen (secondary N) is 1. The summed E-state index contributed by atoms with van der Waals surface area (Å²) in [4.78, 5) is 0. The summed E-state index contributed by atoms with van der Waals surface area (Å²) in [5.41, 5.74) is 0.846. The highest BCUT2D eigenvalue weighted by atomic mass is 35.5. The molecule has 21 heavy (non-hydrogen) atoms. The monoisotopic (exact) mass is 311 g/mol. The molecule has 0 aliphatic carbocycles. The van der Waals surface area contributed by atoms with Crippen molar-refractivity contribution in [2.24, 2.45) is 0 Å². The molecule has 114 valence electrons. The van der Waals surface area contributed by atoms with Gasteiger partial charge in [-0.05, 0) is 37.3 Å². The van der Waals surface area contributed by atoms with Gasteiger partial charge in [0.1, 0.15) is 5.76 Å². The molecule has 0 unspecified atom stereocenters. The van der Waals surface area contributed by atoms with E-state index in [1.807, 2.05) is 25.1 Å². The van der Waals surface area contributed by atoms with E-state index >= 15 is 0 Å². The first-order valence-corrected chi connectivity index (χ1v) is 6.23. The van der Waals surface area contributed by atoms with Crippen molar-refractivity contribution in [3.8, 4) is 22.8 Å². The third kappa shape index (κ3) is 3.70. The Kier molecular flexibility index (Phi) is 6.11. The van der Waals surface area contributed by atoms with Crippen molar-refractivity contribution in [1.82, 2.24) is 0 Å². The summed E-state index contributed by atoms with van der Waals surface area (Å²) in [6.45, 7) is 2.26. The zero-order valence-electron chi connectivity index (χ0n) is 12.1. The number of methoxy groups -OCH3 is 2. The Morgan fingerprint density at radius 1 is 1.10 bits per heavy atom. The van der Waals surface area contributed by atoms with E-state index in [0.717, 1.165) is 5.56 Å². The van der Waals surface area contributed by atoms with Crippen LogP contribution in [0.4, 0.5) is 0 Å². The average Bonchev–Trinajstić information content (AvgIpc) is 2.96. The fraction of sp³-hybridized carbons (Fsp3) is 0.267. The molecule has 2 rings (SSSR count). The van der Waals surface area contributed by atoms with Crippen LogP contribution in [-0.2, 0) is 4.74 Å². The highest BCUT2D eigenvalue weighted by molar-refractivity contribution is 5.89. The molecule has 1 N–H and O–H groups in total. The molecule has 1 heterocycles. The van der Waals surface area contributed by atoms with Gasteiger partial charge in [-0.1, -0.05) is 0 Å². The molecule has 1 aromatic carbocycles. The zero-order chi connectivity index (χ0) is 14.5. The SMILES string of the molecule is CCOC(=N)c1ccc(-c2ccc(OC)c(OC)c2)o1.Cl. The Balaban J connectivity index is 0.00000220. The van der Waals surface area contributed by atoms with Gasteiger partial charge in [0, 0.05) is 5.56 Å². The van der Waals surface area contributed by atoms with Crippen LogP contribution < -0.4 is 9.47 Å². The number of hydrogen-bond acceptors (Lipinski definition) is 5. The highest BCUT2D eigenvalue weighted by Crippen LogP contribution is 2.33. The second-order valence-electron chi connectivity index (χ2n) is 4.00. The van der Waals surface area contributed by atoms with Crippen LogP contribution in [0.25, 0.3) is 11.3 Å². The van der Waals surface area contributed by atoms with Crippen molar-refractivity contribution in [1.29, 1.82) is 5.41 Å². The Hall–Kier alpha value is -2.14. The molecule has 0 saturated carbocycles. The lowest BCUT2D eigenvalue weighted by Gasteiger charge is -2.08. The molecule has 0 spiro atoms. The van der Waals surface area contributed by atoms with E-state index < -0.39 is 0 Å². The van der Waals surface area contributed by atoms with Gasteiger partial charge in [-0.15, -0.1) is 12.4 Å². The van der Waals surface area contributed by atoms with Crippen molar-refractivity contribution < 1.29 is 18.6 Å². The quantitative estimate of drug-likeness (QED) is 0.674. The largest absolute Gasteiger partial charge is 0.493 e. The van der Waals surface area contributed by atoms with Gasteiger partial charge in [-0.2, -0.15) is 0 Å². The summed E-state index contributed by atoms with van der Waals surface area (Å²) < 4.78 is 21.2. The minimum atomic E-state index is 0. The zero-order valence-corrected chi connectivity index (χ0v) is 13.0. The van der Waals surface area contributed by atoms with Gasteiger partial charge >= 0.3 is 0 Å². The number of benzene rings is 1. The molecule has 0 atom stereocenters. The maximum absolute atomic E-state index is 7.69. The fourth-order valence-electron chi connectivity index (χ4n) is 1.82. The molecule has 0 saturated heterocycles. The first-order chi connectivity index (χ1) is 9.69. The molecule has 0 aliphatic rings. The normalized spacial score (nSPS) is 9.67. The standard InChI is InChI=1S/C15H17NO4.ClH/c1-4-19-15(16)13-8-7-11(20-13)10-5-6-12(17-2)14(9-10)18-3;/h5-9,16H,4H2,1-3H3;1H. The van der Waals surface area contributed by atoms with Crippen LogP contribution in [0, 0.1) is 5.41 Å². The van der Waals surface area contributed by atoms with Gasteiger partial charge in [0.25, 0.3) is 0 Å². The predicted molar refractivity (Wildman–Crippen MR) is 83.0 cm³/mol. The topological polar surface area (TPSA) is 64.7 Å². The van der Waals surface area contributed by atoms with Crippen LogP contribution in [-0.4, -0.2) is 26.7 Å². The molecule has 5 nitrogen and oxygen atoms in total. The van der Waals surface area contributed by atoms with E-state index in [-0.39, 0.29) is 18.3 Å². The highest BCUT2D eigenvalue weighted by Gasteiger charge is 2.12. The molecule has 0 bridgehead atoms. The first kappa shape index (κ1) is 16.9. The Morgan fingerprint density at radius 2 is 1.81 bits per heavy atom. The Labute approximate surface area is 129 Å². The van der Waals surface area contributed by atoms with E-state index in [2.05, 4.69) is 0 Å². The number of rotatable bonds is 5. The maximum atomic E-state index is 7.69. The second-order valence-corrected chi connectivity index (χ2v) is 4.00. The number of ether oxygens (including phenoxy) is 3. The van der Waals surface area contributed by atoms with Crippen molar-refractivity contribution in [2.75, 3.05) is 20.8 Å². The van der Waals surface area contributed by atoms with Crippen LogP contribution >= 0.6 is 12.4 Å². The van der Waals surface area contributed by atoms with Gasteiger partial charge < -0.3 is 18.6 Å². The molecule has 0 radical (unpaired) electrons. The predicted octanol–water partition coefficient (Wildman–Crippen LogP) is 3.75. The third-order valence-electron chi connectivity index (χ3n) is 2.79. The summed E-state index contributed by atoms with van der Waals surface area (Å²) >= 11 is 0. The molecule has 6 heteroatoms. The lowest BCUT2D eigenvalue weighted by Crippen LogP contribution is -2.02. The molecule has 0 aliphatic heterocycles. The number of hydrogen-bond donors (Lipinski definition) is 1. The molecule has 1 aromatic heterocycles. The molecule has 0 amide bonds. The van der Waals surface area contributed by atoms with E-state index in [1.54, 1.807) is 26.4 Å². The van der Waals surface area contributed by atoms with Crippen LogP contribution in [0.2, 0.25) is 0 Å².